The molecule has 9 heavy (non-hydrogen) atoms. The van der Waals surface area contributed by atoms with E-state index in [0.717, 1.165) is 0 Å². The summed E-state index contributed by atoms with van der Waals surface area (Å²) >= 11 is 0. The molecule has 0 aromatic carbocycles. The van der Waals surface area contributed by atoms with Crippen molar-refractivity contribution in [2.24, 2.45) is 0 Å². The minimum Gasteiger partial charge on any atom is -0.360 e. The third kappa shape index (κ3) is 1.29. The minimum absolute atomic E-state index is 0.0938. The van der Waals surface area contributed by atoms with Gasteiger partial charge in [0.25, 0.3) is 0 Å². The van der Waals surface area contributed by atoms with Gasteiger partial charge in [-0.2, -0.15) is 0 Å². The maximum Gasteiger partial charge on any atom is 0.230 e. The van der Waals surface area contributed by atoms with Gasteiger partial charge in [0.1, 0.15) is 6.73 Å². The average molecular weight is 127 g/mol. The monoisotopic (exact) mass is 127 g/mol. The van der Waals surface area contributed by atoms with Gasteiger partial charge in [-0.15, -0.1) is 0 Å². The summed E-state index contributed by atoms with van der Waals surface area (Å²) in [5.41, 5.74) is 0. The number of ether oxygens (including phenoxy) is 1. The van der Waals surface area contributed by atoms with Crippen molar-refractivity contribution in [3.05, 3.63) is 12.8 Å². The SMILES string of the molecule is C=CN1COCCC1=O. The van der Waals surface area contributed by atoms with Crippen molar-refractivity contribution in [2.75, 3.05) is 13.3 Å². The Bertz CT molecular complexity index is 133. The summed E-state index contributed by atoms with van der Waals surface area (Å²) in [7, 11) is 0. The van der Waals surface area contributed by atoms with Crippen molar-refractivity contribution >= 4 is 5.91 Å². The number of carbonyl (C=O) groups is 1. The molecule has 0 unspecified atom stereocenters. The summed E-state index contributed by atoms with van der Waals surface area (Å²) in [6.45, 7) is 4.37. The highest BCUT2D eigenvalue weighted by atomic mass is 16.5. The van der Waals surface area contributed by atoms with E-state index in [9.17, 15) is 4.79 Å². The average Bonchev–Trinajstić information content (AvgIpc) is 1.89. The molecule has 0 N–H and O–H groups in total. The molecule has 0 aliphatic carbocycles. The van der Waals surface area contributed by atoms with E-state index in [0.29, 0.717) is 19.8 Å². The van der Waals surface area contributed by atoms with Crippen molar-refractivity contribution in [3.8, 4) is 0 Å². The Hall–Kier alpha value is -0.830. The van der Waals surface area contributed by atoms with E-state index in [1.54, 1.807) is 0 Å². The van der Waals surface area contributed by atoms with Gasteiger partial charge in [0, 0.05) is 6.20 Å². The smallest absolute Gasteiger partial charge is 0.230 e. The highest BCUT2D eigenvalue weighted by Gasteiger charge is 2.14. The fourth-order valence-electron chi connectivity index (χ4n) is 0.693. The molecule has 3 heteroatoms. The Morgan fingerprint density at radius 2 is 2.56 bits per heavy atom. The van der Waals surface area contributed by atoms with E-state index >= 15 is 0 Å². The molecule has 0 aromatic rings. The Balaban J connectivity index is 2.48. The third-order valence-electron chi connectivity index (χ3n) is 1.23. The number of rotatable bonds is 1. The Labute approximate surface area is 53.9 Å². The molecule has 1 rings (SSSR count). The molecule has 1 heterocycles. The van der Waals surface area contributed by atoms with E-state index in [1.807, 2.05) is 0 Å². The summed E-state index contributed by atoms with van der Waals surface area (Å²) in [6, 6.07) is 0. The summed E-state index contributed by atoms with van der Waals surface area (Å²) in [5, 5.41) is 0. The van der Waals surface area contributed by atoms with Gasteiger partial charge in [0.2, 0.25) is 5.91 Å². The molecular formula is C6H9NO2. The maximum atomic E-state index is 10.8. The molecule has 0 radical (unpaired) electrons. The van der Waals surface area contributed by atoms with Crippen LogP contribution in [0.1, 0.15) is 6.42 Å². The summed E-state index contributed by atoms with van der Waals surface area (Å²) in [5.74, 6) is 0.0938. The van der Waals surface area contributed by atoms with Crippen LogP contribution < -0.4 is 0 Å². The molecular weight excluding hydrogens is 118 g/mol. The topological polar surface area (TPSA) is 29.5 Å². The van der Waals surface area contributed by atoms with Crippen LogP contribution in [-0.2, 0) is 9.53 Å². The molecule has 0 bridgehead atoms. The first-order chi connectivity index (χ1) is 4.34. The first kappa shape index (κ1) is 6.29. The quantitative estimate of drug-likeness (QED) is 0.508. The zero-order chi connectivity index (χ0) is 6.69. The fourth-order valence-corrected chi connectivity index (χ4v) is 0.693. The van der Waals surface area contributed by atoms with E-state index < -0.39 is 0 Å². The van der Waals surface area contributed by atoms with Crippen molar-refractivity contribution < 1.29 is 9.53 Å². The first-order valence-corrected chi connectivity index (χ1v) is 2.84. The van der Waals surface area contributed by atoms with Crippen LogP contribution in [0.25, 0.3) is 0 Å². The largest absolute Gasteiger partial charge is 0.360 e. The van der Waals surface area contributed by atoms with Crippen molar-refractivity contribution in [1.82, 2.24) is 4.90 Å². The Kier molecular flexibility index (Phi) is 1.85. The number of nitrogens with zero attached hydrogens (tertiary/aromatic N) is 1. The van der Waals surface area contributed by atoms with Gasteiger partial charge in [-0.1, -0.05) is 6.58 Å². The molecule has 3 nitrogen and oxygen atoms in total. The lowest BCUT2D eigenvalue weighted by Gasteiger charge is -2.22. The molecule has 0 saturated carbocycles. The van der Waals surface area contributed by atoms with Gasteiger partial charge in [0.15, 0.2) is 0 Å². The second-order valence-corrected chi connectivity index (χ2v) is 1.83. The highest BCUT2D eigenvalue weighted by Crippen LogP contribution is 2.01. The molecule has 1 amide bonds. The summed E-state index contributed by atoms with van der Waals surface area (Å²) in [6.07, 6.45) is 1.97. The Morgan fingerprint density at radius 1 is 1.78 bits per heavy atom. The van der Waals surface area contributed by atoms with Gasteiger partial charge in [-0.3, -0.25) is 9.69 Å². The van der Waals surface area contributed by atoms with Gasteiger partial charge in [0.05, 0.1) is 13.0 Å². The predicted octanol–water partition coefficient (Wildman–Crippen LogP) is 0.336. The van der Waals surface area contributed by atoms with Crippen LogP contribution in [0.4, 0.5) is 0 Å². The summed E-state index contributed by atoms with van der Waals surface area (Å²) < 4.78 is 4.98. The number of amides is 1. The van der Waals surface area contributed by atoms with Crippen LogP contribution in [0.15, 0.2) is 12.8 Å². The zero-order valence-corrected chi connectivity index (χ0v) is 5.17. The van der Waals surface area contributed by atoms with Crippen molar-refractivity contribution in [2.45, 2.75) is 6.42 Å². The zero-order valence-electron chi connectivity index (χ0n) is 5.17. The fraction of sp³-hybridized carbons (Fsp3) is 0.500. The van der Waals surface area contributed by atoms with Crippen molar-refractivity contribution in [1.29, 1.82) is 0 Å². The molecule has 0 spiro atoms. The molecule has 1 fully saturated rings. The van der Waals surface area contributed by atoms with Gasteiger partial charge in [-0.25, -0.2) is 0 Å². The standard InChI is InChI=1S/C6H9NO2/c1-2-7-5-9-4-3-6(7)8/h2H,1,3-5H2. The van der Waals surface area contributed by atoms with Crippen LogP contribution in [-0.4, -0.2) is 24.1 Å². The normalized spacial score (nSPS) is 20.0. The molecule has 1 aliphatic heterocycles. The van der Waals surface area contributed by atoms with Crippen LogP contribution in [0.5, 0.6) is 0 Å². The number of hydrogen-bond donors (Lipinski definition) is 0. The maximum absolute atomic E-state index is 10.8. The lowest BCUT2D eigenvalue weighted by Crippen LogP contribution is -2.33. The number of carbonyl (C=O) groups excluding carboxylic acids is 1. The van der Waals surface area contributed by atoms with Crippen molar-refractivity contribution in [3.63, 3.8) is 0 Å². The Morgan fingerprint density at radius 3 is 3.00 bits per heavy atom. The van der Waals surface area contributed by atoms with E-state index in [4.69, 9.17) is 4.74 Å². The molecule has 50 valence electrons. The highest BCUT2D eigenvalue weighted by molar-refractivity contribution is 5.77. The molecule has 0 aromatic heterocycles. The van der Waals surface area contributed by atoms with E-state index in [2.05, 4.69) is 6.58 Å². The second kappa shape index (κ2) is 2.64. The third-order valence-corrected chi connectivity index (χ3v) is 1.23. The van der Waals surface area contributed by atoms with Gasteiger partial charge >= 0.3 is 0 Å². The van der Waals surface area contributed by atoms with Gasteiger partial charge in [-0.05, 0) is 0 Å². The molecule has 1 aliphatic rings. The first-order valence-electron chi connectivity index (χ1n) is 2.84. The number of hydrogen-bond acceptors (Lipinski definition) is 2. The predicted molar refractivity (Wildman–Crippen MR) is 32.5 cm³/mol. The minimum atomic E-state index is 0.0938. The van der Waals surface area contributed by atoms with E-state index in [1.165, 1.54) is 11.1 Å². The second-order valence-electron chi connectivity index (χ2n) is 1.83. The van der Waals surface area contributed by atoms with Gasteiger partial charge < -0.3 is 4.74 Å². The molecule has 0 atom stereocenters. The summed E-state index contributed by atoms with van der Waals surface area (Å²) in [4.78, 5) is 12.3. The van der Waals surface area contributed by atoms with Crippen LogP contribution in [0.3, 0.4) is 0 Å². The molecule has 1 saturated heterocycles. The lowest BCUT2D eigenvalue weighted by molar-refractivity contribution is -0.140. The van der Waals surface area contributed by atoms with Crippen LogP contribution >= 0.6 is 0 Å². The lowest BCUT2D eigenvalue weighted by atomic mass is 10.4. The van der Waals surface area contributed by atoms with Crippen LogP contribution in [0.2, 0.25) is 0 Å². The van der Waals surface area contributed by atoms with E-state index in [-0.39, 0.29) is 5.91 Å². The van der Waals surface area contributed by atoms with Crippen LogP contribution in [0, 0.1) is 0 Å².